The molecule has 0 radical (unpaired) electrons. The summed E-state index contributed by atoms with van der Waals surface area (Å²) >= 11 is 0. The van der Waals surface area contributed by atoms with Crippen LogP contribution in [-0.2, 0) is 10.0 Å². The van der Waals surface area contributed by atoms with Gasteiger partial charge in [0.2, 0.25) is 10.0 Å². The van der Waals surface area contributed by atoms with Gasteiger partial charge in [0.05, 0.1) is 19.1 Å². The molecular formula is C9H11NO5S. The molecule has 1 rings (SSSR count). The molecule has 0 atom stereocenters. The number of methoxy groups -OCH3 is 1. The monoisotopic (exact) mass is 245 g/mol. The third-order valence-electron chi connectivity index (χ3n) is 1.74. The molecule has 88 valence electrons. The summed E-state index contributed by atoms with van der Waals surface area (Å²) in [6.45, 7) is 0. The van der Waals surface area contributed by atoms with E-state index in [0.717, 1.165) is 6.26 Å². The topological polar surface area (TPSA) is 92.7 Å². The van der Waals surface area contributed by atoms with Crippen LogP contribution < -0.4 is 9.46 Å². The van der Waals surface area contributed by atoms with Crippen molar-refractivity contribution >= 4 is 21.7 Å². The fourth-order valence-electron chi connectivity index (χ4n) is 1.15. The lowest BCUT2D eigenvalue weighted by Crippen LogP contribution is -2.10. The number of hydrogen-bond donors (Lipinski definition) is 2. The zero-order valence-corrected chi connectivity index (χ0v) is 9.54. The Morgan fingerprint density at radius 3 is 2.50 bits per heavy atom. The third-order valence-corrected chi connectivity index (χ3v) is 2.34. The van der Waals surface area contributed by atoms with Gasteiger partial charge in [0.15, 0.2) is 0 Å². The van der Waals surface area contributed by atoms with Gasteiger partial charge in [-0.1, -0.05) is 0 Å². The smallest absolute Gasteiger partial charge is 0.339 e. The number of hydrogen-bond acceptors (Lipinski definition) is 4. The van der Waals surface area contributed by atoms with Crippen LogP contribution in [0.3, 0.4) is 0 Å². The first-order valence-corrected chi connectivity index (χ1v) is 6.12. The van der Waals surface area contributed by atoms with E-state index >= 15 is 0 Å². The second kappa shape index (κ2) is 4.40. The van der Waals surface area contributed by atoms with Crippen LogP contribution in [0.5, 0.6) is 5.75 Å². The molecular weight excluding hydrogens is 234 g/mol. The molecule has 16 heavy (non-hydrogen) atoms. The van der Waals surface area contributed by atoms with Crippen LogP contribution >= 0.6 is 0 Å². The summed E-state index contributed by atoms with van der Waals surface area (Å²) < 4.78 is 29.0. The fraction of sp³-hybridized carbons (Fsp3) is 0.222. The minimum absolute atomic E-state index is 0.0263. The van der Waals surface area contributed by atoms with E-state index in [9.17, 15) is 13.2 Å². The van der Waals surface area contributed by atoms with E-state index in [1.54, 1.807) is 0 Å². The normalized spacial score (nSPS) is 10.9. The highest BCUT2D eigenvalue weighted by molar-refractivity contribution is 7.92. The van der Waals surface area contributed by atoms with Crippen LogP contribution in [0.25, 0.3) is 0 Å². The molecule has 0 aliphatic rings. The summed E-state index contributed by atoms with van der Waals surface area (Å²) in [5, 5.41) is 8.80. The average Bonchev–Trinajstić information content (AvgIpc) is 2.14. The SMILES string of the molecule is COc1cc(NS(C)(=O)=O)ccc1C(=O)O. The first kappa shape index (κ1) is 12.3. The van der Waals surface area contributed by atoms with E-state index in [1.807, 2.05) is 0 Å². The number of aromatic carboxylic acids is 1. The number of anilines is 1. The molecule has 2 N–H and O–H groups in total. The van der Waals surface area contributed by atoms with Gasteiger partial charge in [-0.15, -0.1) is 0 Å². The second-order valence-electron chi connectivity index (χ2n) is 3.09. The minimum atomic E-state index is -3.39. The van der Waals surface area contributed by atoms with Gasteiger partial charge < -0.3 is 9.84 Å². The van der Waals surface area contributed by atoms with E-state index in [0.29, 0.717) is 0 Å². The molecule has 0 aromatic heterocycles. The van der Waals surface area contributed by atoms with Crippen LogP contribution in [0.1, 0.15) is 10.4 Å². The van der Waals surface area contributed by atoms with Gasteiger partial charge in [-0.25, -0.2) is 13.2 Å². The Labute approximate surface area is 92.9 Å². The Bertz CT molecular complexity index is 509. The van der Waals surface area contributed by atoms with Crippen molar-refractivity contribution in [2.45, 2.75) is 0 Å². The first-order valence-electron chi connectivity index (χ1n) is 4.22. The molecule has 0 fully saturated rings. The molecule has 6 nitrogen and oxygen atoms in total. The number of benzene rings is 1. The molecule has 7 heteroatoms. The maximum absolute atomic E-state index is 11.0. The van der Waals surface area contributed by atoms with E-state index in [4.69, 9.17) is 9.84 Å². The second-order valence-corrected chi connectivity index (χ2v) is 4.84. The Morgan fingerprint density at radius 1 is 1.44 bits per heavy atom. The summed E-state index contributed by atoms with van der Waals surface area (Å²) in [6.07, 6.45) is 1.00. The number of carboxylic acids is 1. The van der Waals surface area contributed by atoms with E-state index in [-0.39, 0.29) is 17.0 Å². The summed E-state index contributed by atoms with van der Waals surface area (Å²) in [4.78, 5) is 10.8. The zero-order valence-electron chi connectivity index (χ0n) is 8.72. The van der Waals surface area contributed by atoms with Crippen LogP contribution in [0.15, 0.2) is 18.2 Å². The van der Waals surface area contributed by atoms with Gasteiger partial charge >= 0.3 is 5.97 Å². The van der Waals surface area contributed by atoms with Crippen LogP contribution in [0, 0.1) is 0 Å². The predicted molar refractivity (Wildman–Crippen MR) is 58.4 cm³/mol. The molecule has 0 bridgehead atoms. The van der Waals surface area contributed by atoms with Crippen LogP contribution in [0.4, 0.5) is 5.69 Å². The summed E-state index contributed by atoms with van der Waals surface area (Å²) in [5.41, 5.74) is 0.228. The van der Waals surface area contributed by atoms with Crippen molar-refractivity contribution < 1.29 is 23.1 Å². The van der Waals surface area contributed by atoms with E-state index in [1.165, 1.54) is 25.3 Å². The summed E-state index contributed by atoms with van der Waals surface area (Å²) in [6, 6.07) is 3.94. The molecule has 0 amide bonds. The van der Waals surface area contributed by atoms with Crippen molar-refractivity contribution in [3.05, 3.63) is 23.8 Å². The quantitative estimate of drug-likeness (QED) is 0.817. The lowest BCUT2D eigenvalue weighted by Gasteiger charge is -2.08. The molecule has 0 aliphatic carbocycles. The molecule has 0 unspecified atom stereocenters. The van der Waals surface area contributed by atoms with E-state index in [2.05, 4.69) is 4.72 Å². The molecule has 0 aliphatic heterocycles. The molecule has 0 spiro atoms. The molecule has 0 heterocycles. The average molecular weight is 245 g/mol. The highest BCUT2D eigenvalue weighted by Crippen LogP contribution is 2.23. The number of ether oxygens (including phenoxy) is 1. The number of carboxylic acid groups (broad SMARTS) is 1. The Balaban J connectivity index is 3.14. The summed E-state index contributed by atoms with van der Waals surface area (Å²) in [5.74, 6) is -1.04. The Morgan fingerprint density at radius 2 is 2.06 bits per heavy atom. The molecule has 1 aromatic carbocycles. The lowest BCUT2D eigenvalue weighted by atomic mass is 10.2. The van der Waals surface area contributed by atoms with Gasteiger partial charge in [-0.2, -0.15) is 0 Å². The lowest BCUT2D eigenvalue weighted by molar-refractivity contribution is 0.0693. The van der Waals surface area contributed by atoms with Crippen molar-refractivity contribution in [1.29, 1.82) is 0 Å². The van der Waals surface area contributed by atoms with Gasteiger partial charge in [0, 0.05) is 6.07 Å². The highest BCUT2D eigenvalue weighted by Gasteiger charge is 2.12. The standard InChI is InChI=1S/C9H11NO5S/c1-15-8-5-6(10-16(2,13)14)3-4-7(8)9(11)12/h3-5,10H,1-2H3,(H,11,12). The van der Waals surface area contributed by atoms with Gasteiger partial charge in [0.1, 0.15) is 11.3 Å². The Hall–Kier alpha value is -1.76. The highest BCUT2D eigenvalue weighted by atomic mass is 32.2. The molecule has 0 saturated carbocycles. The fourth-order valence-corrected chi connectivity index (χ4v) is 1.70. The number of nitrogens with one attached hydrogen (secondary N) is 1. The maximum Gasteiger partial charge on any atom is 0.339 e. The van der Waals surface area contributed by atoms with Crippen molar-refractivity contribution in [1.82, 2.24) is 0 Å². The number of sulfonamides is 1. The van der Waals surface area contributed by atoms with Crippen LogP contribution in [-0.4, -0.2) is 32.9 Å². The van der Waals surface area contributed by atoms with Gasteiger partial charge in [0.25, 0.3) is 0 Å². The van der Waals surface area contributed by atoms with Crippen LogP contribution in [0.2, 0.25) is 0 Å². The van der Waals surface area contributed by atoms with Gasteiger partial charge in [-0.3, -0.25) is 4.72 Å². The third kappa shape index (κ3) is 3.13. The largest absolute Gasteiger partial charge is 0.496 e. The minimum Gasteiger partial charge on any atom is -0.496 e. The van der Waals surface area contributed by atoms with Crippen molar-refractivity contribution in [2.75, 3.05) is 18.1 Å². The predicted octanol–water partition coefficient (Wildman–Crippen LogP) is 0.765. The molecule has 1 aromatic rings. The van der Waals surface area contributed by atoms with E-state index < -0.39 is 16.0 Å². The van der Waals surface area contributed by atoms with Crippen molar-refractivity contribution in [2.24, 2.45) is 0 Å². The zero-order chi connectivity index (χ0) is 12.3. The number of carbonyl (C=O) groups is 1. The Kier molecular flexibility index (Phi) is 3.38. The number of rotatable bonds is 4. The van der Waals surface area contributed by atoms with Gasteiger partial charge in [-0.05, 0) is 12.1 Å². The van der Waals surface area contributed by atoms with Crippen molar-refractivity contribution in [3.63, 3.8) is 0 Å². The first-order chi connectivity index (χ1) is 7.33. The van der Waals surface area contributed by atoms with Crippen molar-refractivity contribution in [3.8, 4) is 5.75 Å². The maximum atomic E-state index is 11.0. The molecule has 0 saturated heterocycles. The summed E-state index contributed by atoms with van der Waals surface area (Å²) in [7, 11) is -2.08.